The predicted molar refractivity (Wildman–Crippen MR) is 46.8 cm³/mol. The van der Waals surface area contributed by atoms with E-state index in [1.165, 1.54) is 16.5 Å². The van der Waals surface area contributed by atoms with Gasteiger partial charge in [0.2, 0.25) is 0 Å². The van der Waals surface area contributed by atoms with Gasteiger partial charge in [0.15, 0.2) is 0 Å². The van der Waals surface area contributed by atoms with Crippen molar-refractivity contribution in [2.45, 2.75) is 13.1 Å². The highest BCUT2D eigenvalue weighted by Gasteiger charge is 2.13. The van der Waals surface area contributed by atoms with Crippen LogP contribution in [0.1, 0.15) is 11.1 Å². The Morgan fingerprint density at radius 2 is 2.08 bits per heavy atom. The summed E-state index contributed by atoms with van der Waals surface area (Å²) in [6.45, 7) is 1.90. The Bertz CT molecular complexity index is 430. The smallest absolute Gasteiger partial charge is 0.134 e. The monoisotopic (exact) mass is 159 g/mol. The van der Waals surface area contributed by atoms with Gasteiger partial charge in [0.25, 0.3) is 0 Å². The van der Waals surface area contributed by atoms with Crippen LogP contribution >= 0.6 is 0 Å². The maximum absolute atomic E-state index is 5.42. The minimum atomic E-state index is 0.935. The van der Waals surface area contributed by atoms with Gasteiger partial charge in [0.05, 0.1) is 6.26 Å². The predicted octanol–water partition coefficient (Wildman–Crippen LogP) is 2.04. The Kier molecular flexibility index (Phi) is 1.10. The van der Waals surface area contributed by atoms with Crippen LogP contribution in [0.4, 0.5) is 0 Å². The van der Waals surface area contributed by atoms with Crippen LogP contribution in [0.15, 0.2) is 28.9 Å². The summed E-state index contributed by atoms with van der Waals surface area (Å²) < 4.78 is 5.42. The van der Waals surface area contributed by atoms with Crippen molar-refractivity contribution in [2.24, 2.45) is 0 Å². The molecule has 0 spiro atoms. The first kappa shape index (κ1) is 6.26. The highest BCUT2D eigenvalue weighted by molar-refractivity contribution is 5.85. The zero-order valence-electron chi connectivity index (χ0n) is 6.63. The van der Waals surface area contributed by atoms with E-state index in [9.17, 15) is 0 Å². The number of rotatable bonds is 0. The van der Waals surface area contributed by atoms with Gasteiger partial charge in [-0.3, -0.25) is 0 Å². The average Bonchev–Trinajstić information content (AvgIpc) is 2.52. The van der Waals surface area contributed by atoms with Gasteiger partial charge in [-0.2, -0.15) is 0 Å². The molecule has 0 aliphatic carbocycles. The lowest BCUT2D eigenvalue weighted by molar-refractivity contribution is 0.604. The topological polar surface area (TPSA) is 25.2 Å². The summed E-state index contributed by atoms with van der Waals surface area (Å²) in [5.74, 6) is 0. The lowest BCUT2D eigenvalue weighted by atomic mass is 10.0. The highest BCUT2D eigenvalue weighted by atomic mass is 16.3. The zero-order chi connectivity index (χ0) is 7.97. The van der Waals surface area contributed by atoms with Crippen LogP contribution < -0.4 is 5.32 Å². The van der Waals surface area contributed by atoms with Gasteiger partial charge in [0.1, 0.15) is 5.58 Å². The number of furan rings is 1. The Labute approximate surface area is 70.2 Å². The summed E-state index contributed by atoms with van der Waals surface area (Å²) in [6, 6.07) is 6.21. The van der Waals surface area contributed by atoms with Gasteiger partial charge >= 0.3 is 0 Å². The lowest BCUT2D eigenvalue weighted by Gasteiger charge is -2.11. The molecule has 0 saturated carbocycles. The zero-order valence-corrected chi connectivity index (χ0v) is 6.63. The number of nitrogens with one attached hydrogen (secondary N) is 1. The van der Waals surface area contributed by atoms with Crippen molar-refractivity contribution in [1.82, 2.24) is 5.32 Å². The number of hydrogen-bond donors (Lipinski definition) is 1. The first-order valence-electron chi connectivity index (χ1n) is 4.14. The van der Waals surface area contributed by atoms with Crippen molar-refractivity contribution >= 4 is 11.0 Å². The first-order chi connectivity index (χ1) is 5.95. The summed E-state index contributed by atoms with van der Waals surface area (Å²) in [5.41, 5.74) is 3.65. The second-order valence-corrected chi connectivity index (χ2v) is 3.15. The van der Waals surface area contributed by atoms with E-state index in [2.05, 4.69) is 11.4 Å². The van der Waals surface area contributed by atoms with Crippen LogP contribution in [-0.4, -0.2) is 0 Å². The van der Waals surface area contributed by atoms with Crippen LogP contribution in [0.3, 0.4) is 0 Å². The number of hydrogen-bond acceptors (Lipinski definition) is 2. The molecule has 0 radical (unpaired) electrons. The molecule has 1 N–H and O–H groups in total. The average molecular weight is 159 g/mol. The van der Waals surface area contributed by atoms with Crippen LogP contribution in [0.5, 0.6) is 0 Å². The Hall–Kier alpha value is -1.28. The van der Waals surface area contributed by atoms with Crippen molar-refractivity contribution in [3.63, 3.8) is 0 Å². The maximum atomic E-state index is 5.42. The Morgan fingerprint density at radius 1 is 1.17 bits per heavy atom. The Morgan fingerprint density at radius 3 is 3.08 bits per heavy atom. The second kappa shape index (κ2) is 2.11. The van der Waals surface area contributed by atoms with Crippen LogP contribution in [0.2, 0.25) is 0 Å². The van der Waals surface area contributed by atoms with E-state index in [-0.39, 0.29) is 0 Å². The highest BCUT2D eigenvalue weighted by Crippen LogP contribution is 2.27. The van der Waals surface area contributed by atoms with Gasteiger partial charge in [-0.1, -0.05) is 12.1 Å². The number of benzene rings is 1. The van der Waals surface area contributed by atoms with E-state index < -0.39 is 0 Å². The maximum Gasteiger partial charge on any atom is 0.134 e. The molecule has 0 fully saturated rings. The molecule has 12 heavy (non-hydrogen) atoms. The van der Waals surface area contributed by atoms with E-state index in [1.807, 2.05) is 18.4 Å². The lowest BCUT2D eigenvalue weighted by Crippen LogP contribution is -2.16. The van der Waals surface area contributed by atoms with Gasteiger partial charge in [-0.15, -0.1) is 0 Å². The van der Waals surface area contributed by atoms with Crippen molar-refractivity contribution in [3.05, 3.63) is 35.6 Å². The molecule has 0 saturated heterocycles. The summed E-state index contributed by atoms with van der Waals surface area (Å²) >= 11 is 0. The normalized spacial score (nSPS) is 15.3. The second-order valence-electron chi connectivity index (χ2n) is 3.15. The third-order valence-electron chi connectivity index (χ3n) is 2.39. The molecule has 0 bridgehead atoms. The fraction of sp³-hybridized carbons (Fsp3) is 0.200. The first-order valence-corrected chi connectivity index (χ1v) is 4.14. The molecule has 2 nitrogen and oxygen atoms in total. The van der Waals surface area contributed by atoms with Gasteiger partial charge in [0, 0.05) is 24.0 Å². The van der Waals surface area contributed by atoms with Crippen LogP contribution in [-0.2, 0) is 13.1 Å². The summed E-state index contributed by atoms with van der Waals surface area (Å²) in [7, 11) is 0. The SMILES string of the molecule is c1cc2c3c(coc3c1)CNC2. The summed E-state index contributed by atoms with van der Waals surface area (Å²) in [4.78, 5) is 0. The molecule has 0 amide bonds. The van der Waals surface area contributed by atoms with Crippen molar-refractivity contribution < 1.29 is 4.42 Å². The molecule has 60 valence electrons. The standard InChI is InChI=1S/C10H9NO/c1-2-7-4-11-5-8-6-12-9(3-1)10(7)8/h1-3,6,11H,4-5H2. The van der Waals surface area contributed by atoms with E-state index in [0.29, 0.717) is 0 Å². The third-order valence-corrected chi connectivity index (χ3v) is 2.39. The van der Waals surface area contributed by atoms with E-state index in [0.717, 1.165) is 18.7 Å². The fourth-order valence-corrected chi connectivity index (χ4v) is 1.84. The molecule has 1 aromatic carbocycles. The van der Waals surface area contributed by atoms with Crippen LogP contribution in [0, 0.1) is 0 Å². The molecule has 1 aliphatic rings. The largest absolute Gasteiger partial charge is 0.464 e. The van der Waals surface area contributed by atoms with E-state index in [4.69, 9.17) is 4.42 Å². The summed E-state index contributed by atoms with van der Waals surface area (Å²) in [6.07, 6.45) is 1.85. The third kappa shape index (κ3) is 0.676. The molecule has 2 heteroatoms. The van der Waals surface area contributed by atoms with E-state index in [1.54, 1.807) is 0 Å². The van der Waals surface area contributed by atoms with Gasteiger partial charge < -0.3 is 9.73 Å². The molecule has 1 aliphatic heterocycles. The van der Waals surface area contributed by atoms with Gasteiger partial charge in [-0.25, -0.2) is 0 Å². The quantitative estimate of drug-likeness (QED) is 0.636. The minimum absolute atomic E-state index is 0.935. The molecule has 1 aromatic heterocycles. The minimum Gasteiger partial charge on any atom is -0.464 e. The molecule has 2 aromatic rings. The Balaban J connectivity index is 2.50. The molecule has 0 atom stereocenters. The van der Waals surface area contributed by atoms with Crippen molar-refractivity contribution in [2.75, 3.05) is 0 Å². The molecule has 0 unspecified atom stereocenters. The molecule has 3 rings (SSSR count). The summed E-state index contributed by atoms with van der Waals surface area (Å²) in [5, 5.41) is 4.64. The van der Waals surface area contributed by atoms with Crippen molar-refractivity contribution in [3.8, 4) is 0 Å². The van der Waals surface area contributed by atoms with E-state index >= 15 is 0 Å². The van der Waals surface area contributed by atoms with Crippen molar-refractivity contribution in [1.29, 1.82) is 0 Å². The van der Waals surface area contributed by atoms with Crippen LogP contribution in [0.25, 0.3) is 11.0 Å². The molecular weight excluding hydrogens is 150 g/mol. The molecule has 2 heterocycles. The fourth-order valence-electron chi connectivity index (χ4n) is 1.84. The molecular formula is C10H9NO. The van der Waals surface area contributed by atoms with Gasteiger partial charge in [-0.05, 0) is 11.6 Å².